The maximum atomic E-state index is 12.0. The van der Waals surface area contributed by atoms with Crippen LogP contribution in [0, 0.1) is 0 Å². The van der Waals surface area contributed by atoms with Gasteiger partial charge >= 0.3 is 11.9 Å². The molecule has 2 N–H and O–H groups in total. The van der Waals surface area contributed by atoms with Crippen LogP contribution in [0.2, 0.25) is 0 Å². The van der Waals surface area contributed by atoms with Gasteiger partial charge < -0.3 is 19.9 Å². The summed E-state index contributed by atoms with van der Waals surface area (Å²) in [6, 6.07) is 4.80. The molecule has 0 radical (unpaired) electrons. The van der Waals surface area contributed by atoms with Gasteiger partial charge in [-0.1, -0.05) is 44.2 Å². The Balaban J connectivity index is 3.05. The van der Waals surface area contributed by atoms with Crippen LogP contribution in [0.1, 0.15) is 38.4 Å². The molecule has 1 aromatic carbocycles. The molecule has 29 heavy (non-hydrogen) atoms. The predicted octanol–water partition coefficient (Wildman–Crippen LogP) is 3.79. The molecular weight excluding hydrogens is 370 g/mol. The molecule has 1 aromatic rings. The van der Waals surface area contributed by atoms with E-state index in [4.69, 9.17) is 9.47 Å². The molecular formula is C23H29NO5. The van der Waals surface area contributed by atoms with Gasteiger partial charge in [-0.3, -0.25) is 0 Å². The Morgan fingerprint density at radius 1 is 1.03 bits per heavy atom. The third kappa shape index (κ3) is 9.69. The monoisotopic (exact) mass is 399 g/mol. The molecule has 0 spiro atoms. The van der Waals surface area contributed by atoms with Gasteiger partial charge in [0.1, 0.15) is 0 Å². The van der Waals surface area contributed by atoms with Crippen LogP contribution < -0.4 is 14.8 Å². The number of allylic oxidation sites excluding steroid dienone is 4. The van der Waals surface area contributed by atoms with Crippen molar-refractivity contribution < 1.29 is 24.2 Å². The smallest absolute Gasteiger partial charge is 0.335 e. The van der Waals surface area contributed by atoms with Crippen molar-refractivity contribution >= 4 is 11.9 Å². The van der Waals surface area contributed by atoms with Crippen LogP contribution in [0.4, 0.5) is 0 Å². The van der Waals surface area contributed by atoms with Crippen molar-refractivity contribution in [3.63, 3.8) is 0 Å². The van der Waals surface area contributed by atoms with Crippen LogP contribution in [-0.4, -0.2) is 29.6 Å². The first-order valence-electron chi connectivity index (χ1n) is 9.41. The first-order valence-corrected chi connectivity index (χ1v) is 9.41. The Morgan fingerprint density at radius 2 is 1.59 bits per heavy atom. The van der Waals surface area contributed by atoms with E-state index < -0.39 is 18.0 Å². The van der Waals surface area contributed by atoms with Crippen LogP contribution in [0.3, 0.4) is 0 Å². The van der Waals surface area contributed by atoms with Crippen molar-refractivity contribution in [2.24, 2.45) is 0 Å². The van der Waals surface area contributed by atoms with Gasteiger partial charge in [-0.2, -0.15) is 0 Å². The van der Waals surface area contributed by atoms with Gasteiger partial charge in [0.05, 0.1) is 6.10 Å². The van der Waals surface area contributed by atoms with E-state index in [1.165, 1.54) is 24.3 Å². The number of esters is 2. The quantitative estimate of drug-likeness (QED) is 0.241. The van der Waals surface area contributed by atoms with Crippen LogP contribution in [0.5, 0.6) is 11.5 Å². The van der Waals surface area contributed by atoms with Crippen LogP contribution >= 0.6 is 0 Å². The summed E-state index contributed by atoms with van der Waals surface area (Å²) in [5.41, 5.74) is 0.526. The predicted molar refractivity (Wildman–Crippen MR) is 114 cm³/mol. The molecule has 0 aromatic heterocycles. The molecule has 1 rings (SSSR count). The highest BCUT2D eigenvalue weighted by Crippen LogP contribution is 2.31. The third-order valence-corrected chi connectivity index (χ3v) is 3.61. The fourth-order valence-electron chi connectivity index (χ4n) is 2.17. The summed E-state index contributed by atoms with van der Waals surface area (Å²) in [5, 5.41) is 13.5. The highest BCUT2D eigenvalue weighted by molar-refractivity contribution is 5.86. The number of aliphatic hydroxyl groups excluding tert-OH is 1. The second-order valence-corrected chi connectivity index (χ2v) is 6.48. The number of benzene rings is 1. The van der Waals surface area contributed by atoms with Crippen LogP contribution in [0.25, 0.3) is 0 Å². The molecule has 1 atom stereocenters. The third-order valence-electron chi connectivity index (χ3n) is 3.61. The number of ether oxygens (including phenoxy) is 2. The van der Waals surface area contributed by atoms with Crippen molar-refractivity contribution in [1.82, 2.24) is 5.32 Å². The lowest BCUT2D eigenvalue weighted by atomic mass is 10.1. The topological polar surface area (TPSA) is 84.9 Å². The van der Waals surface area contributed by atoms with Gasteiger partial charge in [-0.05, 0) is 30.5 Å². The highest BCUT2D eigenvalue weighted by atomic mass is 16.6. The summed E-state index contributed by atoms with van der Waals surface area (Å²) in [5.74, 6) is -1.11. The van der Waals surface area contributed by atoms with E-state index in [1.807, 2.05) is 13.8 Å². The summed E-state index contributed by atoms with van der Waals surface area (Å²) >= 11 is 0. The second kappa shape index (κ2) is 13.3. The number of aliphatic hydroxyl groups is 1. The summed E-state index contributed by atoms with van der Waals surface area (Å²) in [4.78, 5) is 24.0. The van der Waals surface area contributed by atoms with Gasteiger partial charge in [0.15, 0.2) is 11.5 Å². The highest BCUT2D eigenvalue weighted by Gasteiger charge is 2.16. The average Bonchev–Trinajstić information content (AvgIpc) is 2.67. The summed E-state index contributed by atoms with van der Waals surface area (Å²) < 4.78 is 10.6. The minimum atomic E-state index is -0.816. The summed E-state index contributed by atoms with van der Waals surface area (Å²) in [6.07, 6.45) is 9.26. The molecule has 6 nitrogen and oxygen atoms in total. The zero-order valence-corrected chi connectivity index (χ0v) is 17.0. The minimum Gasteiger partial charge on any atom is -0.419 e. The summed E-state index contributed by atoms with van der Waals surface area (Å²) in [7, 11) is 0. The average molecular weight is 399 g/mol. The number of carbonyl (C=O) groups is 2. The lowest BCUT2D eigenvalue weighted by Gasteiger charge is -2.16. The molecule has 1 unspecified atom stereocenters. The molecule has 0 aliphatic rings. The molecule has 0 aliphatic carbocycles. The molecule has 6 heteroatoms. The fraction of sp³-hybridized carbons (Fsp3) is 0.304. The standard InChI is InChI=1S/C23H29NO5/c1-5-7-9-11-22(26)28-20-14-13-18(19(25)16-24-17(3)4)15-21(20)29-23(27)12-10-8-6-2/h5-6,9-15,17,19,24-25H,1-2,7-8,16H2,3-4H3. The number of carbonyl (C=O) groups excluding carboxylic acids is 2. The minimum absolute atomic E-state index is 0.0461. The van der Waals surface area contributed by atoms with E-state index in [-0.39, 0.29) is 17.5 Å². The fourth-order valence-corrected chi connectivity index (χ4v) is 2.17. The first kappa shape index (κ1) is 24.1. The van der Waals surface area contributed by atoms with E-state index in [0.29, 0.717) is 24.9 Å². The normalized spacial score (nSPS) is 12.3. The van der Waals surface area contributed by atoms with Crippen molar-refractivity contribution in [3.05, 3.63) is 73.4 Å². The SMILES string of the molecule is C=CCC=CC(=O)Oc1ccc(C(O)CNC(C)C)cc1OC(=O)C=CCC=C. The maximum absolute atomic E-state index is 12.0. The van der Waals surface area contributed by atoms with Crippen molar-refractivity contribution in [3.8, 4) is 11.5 Å². The first-order chi connectivity index (χ1) is 13.9. The van der Waals surface area contributed by atoms with Crippen LogP contribution in [-0.2, 0) is 9.59 Å². The number of nitrogens with one attached hydrogen (secondary N) is 1. The zero-order valence-electron chi connectivity index (χ0n) is 17.0. The largest absolute Gasteiger partial charge is 0.419 e. The van der Waals surface area contributed by atoms with Gasteiger partial charge in [-0.25, -0.2) is 9.59 Å². The Kier molecular flexibility index (Phi) is 11.0. The number of rotatable bonds is 12. The van der Waals surface area contributed by atoms with Crippen LogP contribution in [0.15, 0.2) is 67.8 Å². The molecule has 0 amide bonds. The van der Waals surface area contributed by atoms with Crippen molar-refractivity contribution in [1.29, 1.82) is 0 Å². The molecule has 0 aliphatic heterocycles. The molecule has 0 heterocycles. The van der Waals surface area contributed by atoms with Crippen molar-refractivity contribution in [2.75, 3.05) is 6.54 Å². The lowest BCUT2D eigenvalue weighted by molar-refractivity contribution is -0.131. The van der Waals surface area contributed by atoms with E-state index in [2.05, 4.69) is 18.5 Å². The Hall–Kier alpha value is -2.96. The van der Waals surface area contributed by atoms with Gasteiger partial charge in [0, 0.05) is 24.7 Å². The molecule has 0 saturated heterocycles. The zero-order chi connectivity index (χ0) is 21.6. The van der Waals surface area contributed by atoms with Gasteiger partial charge in [0.2, 0.25) is 0 Å². The summed E-state index contributed by atoms with van der Waals surface area (Å²) in [6.45, 7) is 11.4. The molecule has 156 valence electrons. The number of hydrogen-bond donors (Lipinski definition) is 2. The maximum Gasteiger partial charge on any atom is 0.335 e. The molecule has 0 fully saturated rings. The molecule has 0 saturated carbocycles. The Bertz CT molecular complexity index is 765. The Morgan fingerprint density at radius 3 is 2.10 bits per heavy atom. The van der Waals surface area contributed by atoms with Gasteiger partial charge in [-0.15, -0.1) is 13.2 Å². The second-order valence-electron chi connectivity index (χ2n) is 6.48. The Labute approximate surface area is 172 Å². The van der Waals surface area contributed by atoms with E-state index >= 15 is 0 Å². The van der Waals surface area contributed by atoms with Crippen molar-refractivity contribution in [2.45, 2.75) is 38.8 Å². The van der Waals surface area contributed by atoms with E-state index in [1.54, 1.807) is 30.4 Å². The van der Waals surface area contributed by atoms with E-state index in [9.17, 15) is 14.7 Å². The van der Waals surface area contributed by atoms with E-state index in [0.717, 1.165) is 0 Å². The number of hydrogen-bond acceptors (Lipinski definition) is 6. The molecule has 0 bridgehead atoms. The van der Waals surface area contributed by atoms with Gasteiger partial charge in [0.25, 0.3) is 0 Å². The lowest BCUT2D eigenvalue weighted by Crippen LogP contribution is -2.27.